The second kappa shape index (κ2) is 19.8. The van der Waals surface area contributed by atoms with E-state index in [1.807, 2.05) is 25.3 Å². The number of anilines is 3. The molecule has 15 nitrogen and oxygen atoms in total. The third-order valence-corrected chi connectivity index (χ3v) is 11.7. The molecule has 5 aromatic rings. The molecule has 1 saturated heterocycles. The van der Waals surface area contributed by atoms with E-state index in [4.69, 9.17) is 14.2 Å². The minimum atomic E-state index is -1.39. The topological polar surface area (TPSA) is 181 Å². The molecule has 4 amide bonds. The van der Waals surface area contributed by atoms with E-state index in [0.717, 1.165) is 38.8 Å². The van der Waals surface area contributed by atoms with Gasteiger partial charge < -0.3 is 24.6 Å². The molecule has 1 heterocycles. The first-order chi connectivity index (χ1) is 29.3. The van der Waals surface area contributed by atoms with E-state index >= 15 is 0 Å². The summed E-state index contributed by atoms with van der Waals surface area (Å²) in [5, 5.41) is 29.3. The van der Waals surface area contributed by atoms with Crippen molar-refractivity contribution >= 4 is 80.9 Å². The van der Waals surface area contributed by atoms with Crippen molar-refractivity contribution in [2.75, 3.05) is 72.2 Å². The van der Waals surface area contributed by atoms with Gasteiger partial charge in [-0.05, 0) is 56.0 Å². The highest BCUT2D eigenvalue weighted by Crippen LogP contribution is 2.43. The van der Waals surface area contributed by atoms with Crippen LogP contribution in [0.15, 0.2) is 103 Å². The molecule has 0 spiro atoms. The highest BCUT2D eigenvalue weighted by molar-refractivity contribution is 8.02. The molecular weight excluding hydrogens is 823 g/mol. The van der Waals surface area contributed by atoms with E-state index in [2.05, 4.69) is 5.32 Å². The number of phenols is 1. The summed E-state index contributed by atoms with van der Waals surface area (Å²) in [5.74, 6) is 0.496. The summed E-state index contributed by atoms with van der Waals surface area (Å²) in [7, 11) is 1.34. The van der Waals surface area contributed by atoms with Crippen LogP contribution < -0.4 is 20.0 Å². The van der Waals surface area contributed by atoms with Crippen LogP contribution in [0.1, 0.15) is 22.8 Å². The van der Waals surface area contributed by atoms with Crippen molar-refractivity contribution in [1.82, 2.24) is 5.01 Å². The number of hydrogen-bond donors (Lipinski definition) is 2. The lowest BCUT2D eigenvalue weighted by Gasteiger charge is -2.31. The number of nitrogens with zero attached hydrogens (tertiary/aromatic N) is 4. The molecule has 5 aromatic carbocycles. The number of ether oxygens (including phenoxy) is 3. The highest BCUT2D eigenvalue weighted by Gasteiger charge is 2.52. The molecule has 17 heteroatoms. The fraction of sp³-hybridized carbons (Fsp3) is 0.273. The first-order valence-electron chi connectivity index (χ1n) is 19.2. The molecule has 1 fully saturated rings. The maximum atomic E-state index is 14.7. The molecule has 1 aliphatic heterocycles. The van der Waals surface area contributed by atoms with E-state index in [1.54, 1.807) is 97.2 Å². The van der Waals surface area contributed by atoms with Gasteiger partial charge in [-0.3, -0.25) is 29.6 Å². The molecule has 1 atom stereocenters. The monoisotopic (exact) mass is 867 g/mol. The van der Waals surface area contributed by atoms with E-state index in [0.29, 0.717) is 23.4 Å². The predicted molar refractivity (Wildman–Crippen MR) is 238 cm³/mol. The van der Waals surface area contributed by atoms with Crippen LogP contribution in [0.4, 0.5) is 27.5 Å². The van der Waals surface area contributed by atoms with Gasteiger partial charge in [-0.15, -0.1) is 0 Å². The number of rotatable bonds is 17. The molecule has 0 aliphatic carbocycles. The average molecular weight is 868 g/mol. The second-order valence-corrected chi connectivity index (χ2v) is 16.5. The van der Waals surface area contributed by atoms with Gasteiger partial charge in [0.2, 0.25) is 0 Å². The molecule has 2 N–H and O–H groups in total. The zero-order valence-electron chi connectivity index (χ0n) is 34.0. The summed E-state index contributed by atoms with van der Waals surface area (Å²) in [6.07, 6.45) is 2.03. The zero-order chi connectivity index (χ0) is 43.7. The zero-order valence-corrected chi connectivity index (χ0v) is 35.6. The van der Waals surface area contributed by atoms with Crippen LogP contribution in [0.25, 0.3) is 10.8 Å². The van der Waals surface area contributed by atoms with Crippen LogP contribution in [0.2, 0.25) is 0 Å². The van der Waals surface area contributed by atoms with Gasteiger partial charge in [-0.1, -0.05) is 60.7 Å². The SMILES string of the molecule is CSCCSCCOCC(=O)OCC1(C)CN(c2ccccc2)N(C(=O)N(C)c2cc([N+](=O)[O-])ccc2Oc2cc(C(=O)Nc3ccccc3C)c(O)c3ccccc23)C1=O. The maximum absolute atomic E-state index is 14.7. The number of fused-ring (bicyclic) bond motifs is 1. The Labute approximate surface area is 361 Å². The number of carbonyl (C=O) groups is 4. The Balaban J connectivity index is 1.30. The number of amides is 4. The average Bonchev–Trinajstić information content (AvgIpc) is 3.53. The van der Waals surface area contributed by atoms with Gasteiger partial charge in [0.05, 0.1) is 35.0 Å². The lowest BCUT2D eigenvalue weighted by molar-refractivity contribution is -0.384. The number of phenolic OH excluding ortho intramolecular Hbond substituents is 1. The van der Waals surface area contributed by atoms with Crippen LogP contribution in [-0.4, -0.2) is 95.8 Å². The van der Waals surface area contributed by atoms with Gasteiger partial charge in [-0.2, -0.15) is 28.5 Å². The summed E-state index contributed by atoms with van der Waals surface area (Å²) in [6.45, 7) is 3.06. The van der Waals surface area contributed by atoms with Crippen molar-refractivity contribution in [2.45, 2.75) is 13.8 Å². The summed E-state index contributed by atoms with van der Waals surface area (Å²) in [6, 6.07) is 26.6. The fourth-order valence-electron chi connectivity index (χ4n) is 6.56. The van der Waals surface area contributed by atoms with Crippen molar-refractivity contribution in [2.24, 2.45) is 5.41 Å². The third-order valence-electron chi connectivity index (χ3n) is 9.90. The molecule has 61 heavy (non-hydrogen) atoms. The summed E-state index contributed by atoms with van der Waals surface area (Å²) < 4.78 is 17.4. The van der Waals surface area contributed by atoms with E-state index in [-0.39, 0.29) is 59.3 Å². The van der Waals surface area contributed by atoms with Crippen molar-refractivity contribution in [3.63, 3.8) is 0 Å². The molecular formula is C44H45N5O10S2. The maximum Gasteiger partial charge on any atom is 0.350 e. The van der Waals surface area contributed by atoms with Gasteiger partial charge in [0.15, 0.2) is 5.75 Å². The standard InChI is InChI=1S/C44H45N5O10S2/c1-29-12-8-11-17-35(29)45-41(52)34-25-38(32-15-9-10-16-33(32)40(34)51)59-37-19-18-31(49(55)56)24-36(37)46(3)43(54)48-42(53)44(2,27-47(48)30-13-6-5-7-14-30)28-58-39(50)26-57-20-21-61-23-22-60-4/h5-19,24-25,51H,20-23,26-28H2,1-4H3,(H,45,52). The van der Waals surface area contributed by atoms with Crippen molar-refractivity contribution in [1.29, 1.82) is 0 Å². The highest BCUT2D eigenvalue weighted by atomic mass is 32.2. The predicted octanol–water partition coefficient (Wildman–Crippen LogP) is 8.29. The quantitative estimate of drug-likeness (QED) is 0.0395. The number of esters is 1. The number of thioether (sulfide) groups is 2. The molecule has 0 saturated carbocycles. The lowest BCUT2D eigenvalue weighted by Crippen LogP contribution is -2.50. The Morgan fingerprint density at radius 1 is 0.934 bits per heavy atom. The van der Waals surface area contributed by atoms with Crippen LogP contribution in [0.5, 0.6) is 17.2 Å². The number of nitro benzene ring substituents is 1. The van der Waals surface area contributed by atoms with Crippen molar-refractivity contribution in [3.05, 3.63) is 124 Å². The Bertz CT molecular complexity index is 2440. The number of aryl methyl sites for hydroxylation is 1. The molecule has 318 valence electrons. The number of non-ortho nitro benzene ring substituents is 1. The van der Waals surface area contributed by atoms with Gasteiger partial charge in [-0.25, -0.2) is 9.59 Å². The fourth-order valence-corrected chi connectivity index (χ4v) is 8.13. The van der Waals surface area contributed by atoms with Crippen LogP contribution in [-0.2, 0) is 19.1 Å². The summed E-state index contributed by atoms with van der Waals surface area (Å²) in [5.41, 5.74) is -0.153. The lowest BCUT2D eigenvalue weighted by atomic mass is 9.92. The van der Waals surface area contributed by atoms with Gasteiger partial charge in [0.25, 0.3) is 17.5 Å². The third kappa shape index (κ3) is 10.2. The number of para-hydroxylation sites is 2. The van der Waals surface area contributed by atoms with Crippen molar-refractivity contribution in [3.8, 4) is 17.2 Å². The Morgan fingerprint density at radius 3 is 2.36 bits per heavy atom. The number of urea groups is 1. The summed E-state index contributed by atoms with van der Waals surface area (Å²) >= 11 is 3.47. The van der Waals surface area contributed by atoms with Crippen molar-refractivity contribution < 1.29 is 43.4 Å². The van der Waals surface area contributed by atoms with E-state index in [9.17, 15) is 34.4 Å². The number of imide groups is 1. The Morgan fingerprint density at radius 2 is 1.64 bits per heavy atom. The smallest absolute Gasteiger partial charge is 0.350 e. The molecule has 1 aliphatic rings. The van der Waals surface area contributed by atoms with Gasteiger partial charge in [0.1, 0.15) is 30.1 Å². The molecule has 1 unspecified atom stereocenters. The first-order valence-corrected chi connectivity index (χ1v) is 21.7. The van der Waals surface area contributed by atoms with Crippen LogP contribution >= 0.6 is 23.5 Å². The van der Waals surface area contributed by atoms with E-state index in [1.165, 1.54) is 30.3 Å². The molecule has 0 radical (unpaired) electrons. The Hall–Kier alpha value is -6.30. The number of benzene rings is 5. The van der Waals surface area contributed by atoms with Gasteiger partial charge in [0, 0.05) is 52.9 Å². The van der Waals surface area contributed by atoms with Crippen LogP contribution in [0, 0.1) is 22.5 Å². The normalized spacial score (nSPS) is 14.9. The summed E-state index contributed by atoms with van der Waals surface area (Å²) in [4.78, 5) is 67.9. The largest absolute Gasteiger partial charge is 0.506 e. The number of nitro groups is 1. The number of carbonyl (C=O) groups excluding carboxylic acids is 4. The molecule has 0 aromatic heterocycles. The van der Waals surface area contributed by atoms with E-state index < -0.39 is 34.2 Å². The first kappa shape index (κ1) is 44.3. The number of hydrazine groups is 1. The number of hydrogen-bond acceptors (Lipinski definition) is 13. The Kier molecular flexibility index (Phi) is 14.4. The molecule has 6 rings (SSSR count). The minimum Gasteiger partial charge on any atom is -0.506 e. The van der Waals surface area contributed by atoms with Crippen LogP contribution in [0.3, 0.4) is 0 Å². The molecule has 0 bridgehead atoms. The minimum absolute atomic E-state index is 0.0418. The van der Waals surface area contributed by atoms with Gasteiger partial charge >= 0.3 is 12.0 Å². The second-order valence-electron chi connectivity index (χ2n) is 14.3. The number of aromatic hydroxyl groups is 1. The number of nitrogens with one attached hydrogen (secondary N) is 1.